The molecule has 0 fully saturated rings. The first kappa shape index (κ1) is 15.1. The van der Waals surface area contributed by atoms with Crippen LogP contribution in [-0.4, -0.2) is 38.3 Å². The number of rotatable bonds is 5. The van der Waals surface area contributed by atoms with Gasteiger partial charge >= 0.3 is 5.69 Å². The second-order valence-corrected chi connectivity index (χ2v) is 4.24. The maximum atomic E-state index is 11.8. The van der Waals surface area contributed by atoms with E-state index in [2.05, 4.69) is 31.0 Å². The van der Waals surface area contributed by atoms with E-state index in [1.54, 1.807) is 24.5 Å². The Balaban J connectivity index is 1.93. The number of carbonyl (C=O) groups excluding carboxylic acids is 1. The lowest BCUT2D eigenvalue weighted by Gasteiger charge is -2.11. The number of hydrogen-bond acceptors (Lipinski definition) is 7. The number of pyridine rings is 1. The fourth-order valence-electron chi connectivity index (χ4n) is 1.44. The number of anilines is 1. The molecular formula is C12H13N7O3. The Morgan fingerprint density at radius 3 is 2.95 bits per heavy atom. The van der Waals surface area contributed by atoms with Gasteiger partial charge in [-0.25, -0.2) is 15.3 Å². The first-order valence-electron chi connectivity index (χ1n) is 6.25. The Morgan fingerprint density at radius 1 is 1.45 bits per heavy atom. The SMILES string of the molecule is C[C@H](Nc1n[nH]c(=O)[nH]c1=O)C(=O)N/N=C\c1cccnc1. The van der Waals surface area contributed by atoms with Crippen LogP contribution >= 0.6 is 0 Å². The maximum absolute atomic E-state index is 11.8. The molecule has 4 N–H and O–H groups in total. The normalized spacial score (nSPS) is 12.0. The molecule has 2 aromatic rings. The zero-order valence-corrected chi connectivity index (χ0v) is 11.5. The highest BCUT2D eigenvalue weighted by atomic mass is 16.2. The van der Waals surface area contributed by atoms with Crippen LogP contribution < -0.4 is 22.0 Å². The minimum atomic E-state index is -0.787. The Morgan fingerprint density at radius 2 is 2.27 bits per heavy atom. The molecule has 10 heteroatoms. The summed E-state index contributed by atoms with van der Waals surface area (Å²) in [5.41, 5.74) is 1.59. The van der Waals surface area contributed by atoms with E-state index < -0.39 is 23.2 Å². The lowest BCUT2D eigenvalue weighted by atomic mass is 10.3. The lowest BCUT2D eigenvalue weighted by molar-refractivity contribution is -0.121. The molecule has 0 aliphatic heterocycles. The third kappa shape index (κ3) is 4.10. The van der Waals surface area contributed by atoms with Gasteiger partial charge in [0.25, 0.3) is 11.5 Å². The van der Waals surface area contributed by atoms with Gasteiger partial charge in [0.2, 0.25) is 5.82 Å². The standard InChI is InChI=1S/C12H13N7O3/c1-7(15-9-11(21)16-12(22)19-17-9)10(20)18-14-6-8-3-2-4-13-5-8/h2-7H,1H3,(H,15,17)(H,18,20)(H2,16,19,21,22)/b14-6-/t7-/m0/s1. The highest BCUT2D eigenvalue weighted by Crippen LogP contribution is 1.94. The van der Waals surface area contributed by atoms with Crippen LogP contribution in [0.3, 0.4) is 0 Å². The highest BCUT2D eigenvalue weighted by Gasteiger charge is 2.14. The Kier molecular flexibility index (Phi) is 4.75. The molecule has 22 heavy (non-hydrogen) atoms. The molecule has 114 valence electrons. The highest BCUT2D eigenvalue weighted by molar-refractivity contribution is 5.86. The smallest absolute Gasteiger partial charge is 0.342 e. The van der Waals surface area contributed by atoms with Crippen molar-refractivity contribution in [2.45, 2.75) is 13.0 Å². The minimum absolute atomic E-state index is 0.168. The third-order valence-corrected chi connectivity index (χ3v) is 2.53. The molecule has 0 aliphatic carbocycles. The molecule has 0 spiro atoms. The van der Waals surface area contributed by atoms with E-state index in [9.17, 15) is 14.4 Å². The third-order valence-electron chi connectivity index (χ3n) is 2.53. The summed E-state index contributed by atoms with van der Waals surface area (Å²) in [6, 6.07) is 2.72. The summed E-state index contributed by atoms with van der Waals surface area (Å²) in [5, 5.41) is 11.9. The van der Waals surface area contributed by atoms with Gasteiger partial charge in [0.1, 0.15) is 6.04 Å². The van der Waals surface area contributed by atoms with E-state index in [4.69, 9.17) is 0 Å². The monoisotopic (exact) mass is 303 g/mol. The van der Waals surface area contributed by atoms with Gasteiger partial charge in [-0.15, -0.1) is 5.10 Å². The van der Waals surface area contributed by atoms with Crippen molar-refractivity contribution in [3.8, 4) is 0 Å². The van der Waals surface area contributed by atoms with E-state index in [0.29, 0.717) is 0 Å². The zero-order chi connectivity index (χ0) is 15.9. The summed E-state index contributed by atoms with van der Waals surface area (Å²) in [7, 11) is 0. The fraction of sp³-hybridized carbons (Fsp3) is 0.167. The lowest BCUT2D eigenvalue weighted by Crippen LogP contribution is -2.38. The van der Waals surface area contributed by atoms with Gasteiger partial charge in [-0.3, -0.25) is 19.6 Å². The van der Waals surface area contributed by atoms with Gasteiger partial charge in [-0.05, 0) is 13.0 Å². The molecular weight excluding hydrogens is 290 g/mol. The second kappa shape index (κ2) is 6.92. The molecule has 0 saturated carbocycles. The Bertz CT molecular complexity index is 781. The number of hydrazone groups is 1. The summed E-state index contributed by atoms with van der Waals surface area (Å²) < 4.78 is 0. The molecule has 0 radical (unpaired) electrons. The maximum Gasteiger partial charge on any atom is 0.342 e. The number of aromatic amines is 2. The van der Waals surface area contributed by atoms with Gasteiger partial charge in [-0.2, -0.15) is 5.10 Å². The number of H-pyrrole nitrogens is 2. The van der Waals surface area contributed by atoms with Crippen molar-refractivity contribution in [2.75, 3.05) is 5.32 Å². The van der Waals surface area contributed by atoms with Crippen molar-refractivity contribution in [1.29, 1.82) is 0 Å². The van der Waals surface area contributed by atoms with Crippen LogP contribution in [-0.2, 0) is 4.79 Å². The molecule has 10 nitrogen and oxygen atoms in total. The van der Waals surface area contributed by atoms with Crippen molar-refractivity contribution in [1.82, 2.24) is 25.6 Å². The van der Waals surface area contributed by atoms with E-state index in [1.165, 1.54) is 13.1 Å². The number of nitrogens with one attached hydrogen (secondary N) is 4. The Hall–Kier alpha value is -3.30. The summed E-state index contributed by atoms with van der Waals surface area (Å²) in [4.78, 5) is 39.9. The topological polar surface area (TPSA) is 145 Å². The average molecular weight is 303 g/mol. The first-order valence-corrected chi connectivity index (χ1v) is 6.25. The largest absolute Gasteiger partial charge is 0.353 e. The van der Waals surface area contributed by atoms with Crippen LogP contribution in [0.15, 0.2) is 39.2 Å². The quantitative estimate of drug-likeness (QED) is 0.403. The molecule has 1 amide bonds. The first-order chi connectivity index (χ1) is 10.6. The van der Waals surface area contributed by atoms with E-state index >= 15 is 0 Å². The number of amides is 1. The van der Waals surface area contributed by atoms with Gasteiger partial charge in [0.05, 0.1) is 6.21 Å². The molecule has 0 aromatic carbocycles. The summed E-state index contributed by atoms with van der Waals surface area (Å²) >= 11 is 0. The number of nitrogens with zero attached hydrogens (tertiary/aromatic N) is 3. The zero-order valence-electron chi connectivity index (χ0n) is 11.5. The minimum Gasteiger partial charge on any atom is -0.353 e. The van der Waals surface area contributed by atoms with Crippen LogP contribution in [0, 0.1) is 0 Å². The van der Waals surface area contributed by atoms with Crippen LogP contribution in [0.2, 0.25) is 0 Å². The van der Waals surface area contributed by atoms with Crippen LogP contribution in [0.1, 0.15) is 12.5 Å². The van der Waals surface area contributed by atoms with Crippen molar-refractivity contribution >= 4 is 17.9 Å². The predicted molar refractivity (Wildman–Crippen MR) is 78.5 cm³/mol. The summed E-state index contributed by atoms with van der Waals surface area (Å²) in [6.07, 6.45) is 4.64. The molecule has 2 aromatic heterocycles. The average Bonchev–Trinajstić information content (AvgIpc) is 2.51. The van der Waals surface area contributed by atoms with E-state index in [1.807, 2.05) is 4.98 Å². The van der Waals surface area contributed by atoms with Crippen molar-refractivity contribution in [3.63, 3.8) is 0 Å². The summed E-state index contributed by atoms with van der Waals surface area (Å²) in [6.45, 7) is 1.52. The van der Waals surface area contributed by atoms with E-state index in [-0.39, 0.29) is 5.82 Å². The molecule has 1 atom stereocenters. The van der Waals surface area contributed by atoms with Crippen LogP contribution in [0.25, 0.3) is 0 Å². The fourth-order valence-corrected chi connectivity index (χ4v) is 1.44. The second-order valence-electron chi connectivity index (χ2n) is 4.24. The van der Waals surface area contributed by atoms with Crippen molar-refractivity contribution < 1.29 is 4.79 Å². The van der Waals surface area contributed by atoms with Gasteiger partial charge in [0.15, 0.2) is 0 Å². The van der Waals surface area contributed by atoms with E-state index in [0.717, 1.165) is 5.56 Å². The molecule has 2 rings (SSSR count). The predicted octanol–water partition coefficient (Wildman–Crippen LogP) is -1.20. The molecule has 0 unspecified atom stereocenters. The van der Waals surface area contributed by atoms with Gasteiger partial charge < -0.3 is 5.32 Å². The number of aromatic nitrogens is 4. The van der Waals surface area contributed by atoms with Crippen LogP contribution in [0.5, 0.6) is 0 Å². The van der Waals surface area contributed by atoms with Crippen LogP contribution in [0.4, 0.5) is 5.82 Å². The van der Waals surface area contributed by atoms with Gasteiger partial charge in [-0.1, -0.05) is 6.07 Å². The molecule has 0 bridgehead atoms. The molecule has 2 heterocycles. The number of hydrogen-bond donors (Lipinski definition) is 4. The van der Waals surface area contributed by atoms with Crippen molar-refractivity contribution in [3.05, 3.63) is 50.9 Å². The molecule has 0 aliphatic rings. The molecule has 0 saturated heterocycles. The van der Waals surface area contributed by atoms with Gasteiger partial charge in [0, 0.05) is 18.0 Å². The Labute approximate surface area is 123 Å². The van der Waals surface area contributed by atoms with Crippen molar-refractivity contribution in [2.24, 2.45) is 5.10 Å². The summed E-state index contributed by atoms with van der Waals surface area (Å²) in [5.74, 6) is -0.647. The number of carbonyl (C=O) groups is 1.